The molecule has 0 aliphatic rings. The molecule has 2 aromatic heterocycles. The number of nitrogens with one attached hydrogen (secondary N) is 1. The summed E-state index contributed by atoms with van der Waals surface area (Å²) in [4.78, 5) is 12.2. The molecular weight excluding hydrogens is 292 g/mol. The minimum atomic E-state index is -0.199. The third-order valence-electron chi connectivity index (χ3n) is 3.13. The van der Waals surface area contributed by atoms with Crippen molar-refractivity contribution in [2.24, 2.45) is 5.10 Å². The van der Waals surface area contributed by atoms with Crippen molar-refractivity contribution in [3.05, 3.63) is 66.1 Å². The van der Waals surface area contributed by atoms with E-state index in [-0.39, 0.29) is 6.61 Å². The predicted octanol–water partition coefficient (Wildman–Crippen LogP) is 1.91. The summed E-state index contributed by atoms with van der Waals surface area (Å²) < 4.78 is 1.93. The highest BCUT2D eigenvalue weighted by molar-refractivity contribution is 5.80. The van der Waals surface area contributed by atoms with Crippen molar-refractivity contribution < 1.29 is 5.11 Å². The number of aliphatic hydroxyl groups excluding tert-OH is 1. The quantitative estimate of drug-likeness (QED) is 0.555. The maximum absolute atomic E-state index is 9.10. The van der Waals surface area contributed by atoms with Gasteiger partial charge in [-0.25, -0.2) is 15.0 Å². The van der Waals surface area contributed by atoms with Crippen LogP contribution in [0.4, 0.5) is 5.82 Å². The maximum Gasteiger partial charge on any atom is 0.156 e. The Morgan fingerprint density at radius 3 is 2.78 bits per heavy atom. The van der Waals surface area contributed by atoms with Gasteiger partial charge >= 0.3 is 0 Å². The lowest BCUT2D eigenvalue weighted by atomic mass is 10.2. The van der Waals surface area contributed by atoms with Crippen LogP contribution in [0.3, 0.4) is 0 Å². The molecule has 116 valence electrons. The van der Waals surface area contributed by atoms with Crippen LogP contribution in [0.15, 0.2) is 54.2 Å². The maximum atomic E-state index is 9.10. The minimum absolute atomic E-state index is 0.199. The van der Waals surface area contributed by atoms with Crippen molar-refractivity contribution in [2.75, 3.05) is 5.43 Å². The lowest BCUT2D eigenvalue weighted by Crippen LogP contribution is -2.01. The highest BCUT2D eigenvalue weighted by atomic mass is 16.3. The first kappa shape index (κ1) is 14.9. The van der Waals surface area contributed by atoms with Crippen LogP contribution in [-0.2, 0) is 6.61 Å². The van der Waals surface area contributed by atoms with Crippen LogP contribution in [0.25, 0.3) is 5.69 Å². The van der Waals surface area contributed by atoms with E-state index >= 15 is 0 Å². The number of hydrogen-bond donors (Lipinski definition) is 2. The Labute approximate surface area is 133 Å². The minimum Gasteiger partial charge on any atom is -0.388 e. The monoisotopic (exact) mass is 308 g/mol. The van der Waals surface area contributed by atoms with Crippen LogP contribution in [0.2, 0.25) is 0 Å². The zero-order valence-corrected chi connectivity index (χ0v) is 12.6. The Bertz CT molecular complexity index is 796. The van der Waals surface area contributed by atoms with Crippen molar-refractivity contribution in [3.63, 3.8) is 0 Å². The van der Waals surface area contributed by atoms with Crippen molar-refractivity contribution in [1.29, 1.82) is 0 Å². The van der Waals surface area contributed by atoms with Crippen molar-refractivity contribution in [3.8, 4) is 5.69 Å². The Morgan fingerprint density at radius 1 is 1.26 bits per heavy atom. The molecule has 0 spiro atoms. The number of imidazole rings is 1. The smallest absolute Gasteiger partial charge is 0.156 e. The Morgan fingerprint density at radius 2 is 2.09 bits per heavy atom. The molecule has 2 N–H and O–H groups in total. The number of aliphatic hydroxyl groups is 1. The highest BCUT2D eigenvalue weighted by Gasteiger charge is 2.00. The molecule has 0 saturated heterocycles. The van der Waals surface area contributed by atoms with Gasteiger partial charge in [-0.2, -0.15) is 5.10 Å². The molecule has 0 amide bonds. The van der Waals surface area contributed by atoms with Gasteiger partial charge in [-0.3, -0.25) is 5.43 Å². The first-order valence-electron chi connectivity index (χ1n) is 7.07. The summed E-state index contributed by atoms with van der Waals surface area (Å²) in [7, 11) is 0. The molecule has 3 rings (SSSR count). The molecule has 0 radical (unpaired) electrons. The predicted molar refractivity (Wildman–Crippen MR) is 87.5 cm³/mol. The first-order chi connectivity index (χ1) is 11.2. The Balaban J connectivity index is 1.67. The standard InChI is InChI=1S/C16H16N6O/c1-12-8-15(20-16(10-23)19-12)21-18-9-13-2-4-14(5-3-13)22-7-6-17-11-22/h2-9,11,23H,10H2,1H3,(H,19,20,21)/b18-9+. The third-order valence-corrected chi connectivity index (χ3v) is 3.13. The second-order valence-corrected chi connectivity index (χ2v) is 4.90. The highest BCUT2D eigenvalue weighted by Crippen LogP contribution is 2.09. The lowest BCUT2D eigenvalue weighted by molar-refractivity contribution is 0.271. The largest absolute Gasteiger partial charge is 0.388 e. The van der Waals surface area contributed by atoms with Crippen molar-refractivity contribution >= 4 is 12.0 Å². The summed E-state index contributed by atoms with van der Waals surface area (Å²) in [5.41, 5.74) is 5.60. The van der Waals surface area contributed by atoms with E-state index < -0.39 is 0 Å². The summed E-state index contributed by atoms with van der Waals surface area (Å²) >= 11 is 0. The van der Waals surface area contributed by atoms with Gasteiger partial charge < -0.3 is 9.67 Å². The molecule has 2 heterocycles. The molecule has 7 heteroatoms. The number of aryl methyl sites for hydroxylation is 1. The summed E-state index contributed by atoms with van der Waals surface area (Å²) in [5.74, 6) is 0.917. The van der Waals surface area contributed by atoms with Crippen molar-refractivity contribution in [1.82, 2.24) is 19.5 Å². The molecule has 0 aliphatic heterocycles. The van der Waals surface area contributed by atoms with E-state index in [1.54, 1.807) is 24.8 Å². The SMILES string of the molecule is Cc1cc(N/N=C/c2ccc(-n3ccnc3)cc2)nc(CO)n1. The zero-order chi connectivity index (χ0) is 16.1. The van der Waals surface area contributed by atoms with Crippen LogP contribution in [0.1, 0.15) is 17.1 Å². The Hall–Kier alpha value is -3.06. The van der Waals surface area contributed by atoms with Gasteiger partial charge in [-0.15, -0.1) is 0 Å². The molecule has 23 heavy (non-hydrogen) atoms. The number of aromatic nitrogens is 4. The van der Waals surface area contributed by atoms with Crippen LogP contribution in [0, 0.1) is 6.92 Å². The molecule has 0 bridgehead atoms. The van der Waals surface area contributed by atoms with Gasteiger partial charge in [0, 0.05) is 29.8 Å². The number of benzene rings is 1. The van der Waals surface area contributed by atoms with Gasteiger partial charge in [0.2, 0.25) is 0 Å². The molecule has 0 unspecified atom stereocenters. The van der Waals surface area contributed by atoms with E-state index in [9.17, 15) is 0 Å². The van der Waals surface area contributed by atoms with E-state index in [4.69, 9.17) is 5.11 Å². The van der Waals surface area contributed by atoms with Crippen LogP contribution in [0.5, 0.6) is 0 Å². The third kappa shape index (κ3) is 3.78. The van der Waals surface area contributed by atoms with E-state index in [0.29, 0.717) is 11.6 Å². The van der Waals surface area contributed by atoms with Gasteiger partial charge in [-0.1, -0.05) is 12.1 Å². The summed E-state index contributed by atoms with van der Waals surface area (Å²) in [5, 5.41) is 13.3. The molecule has 7 nitrogen and oxygen atoms in total. The van der Waals surface area contributed by atoms with Gasteiger partial charge in [0.25, 0.3) is 0 Å². The summed E-state index contributed by atoms with van der Waals surface area (Å²) in [6.07, 6.45) is 7.08. The molecular formula is C16H16N6O. The summed E-state index contributed by atoms with van der Waals surface area (Å²) in [6, 6.07) is 9.66. The molecule has 1 aromatic carbocycles. The number of anilines is 1. The van der Waals surface area contributed by atoms with Gasteiger partial charge in [0.1, 0.15) is 12.4 Å². The van der Waals surface area contributed by atoms with Gasteiger partial charge in [0.15, 0.2) is 5.82 Å². The molecule has 0 atom stereocenters. The van der Waals surface area contributed by atoms with Crippen LogP contribution < -0.4 is 5.43 Å². The normalized spacial score (nSPS) is 11.0. The number of rotatable bonds is 5. The zero-order valence-electron chi connectivity index (χ0n) is 12.6. The topological polar surface area (TPSA) is 88.2 Å². The Kier molecular flexibility index (Phi) is 4.39. The van der Waals surface area contributed by atoms with E-state index in [1.807, 2.05) is 42.0 Å². The number of nitrogens with zero attached hydrogens (tertiary/aromatic N) is 5. The fourth-order valence-corrected chi connectivity index (χ4v) is 2.08. The fourth-order valence-electron chi connectivity index (χ4n) is 2.08. The lowest BCUT2D eigenvalue weighted by Gasteiger charge is -2.04. The van der Waals surface area contributed by atoms with E-state index in [0.717, 1.165) is 16.9 Å². The number of hydrazone groups is 1. The van der Waals surface area contributed by atoms with Crippen LogP contribution >= 0.6 is 0 Å². The fraction of sp³-hybridized carbons (Fsp3) is 0.125. The van der Waals surface area contributed by atoms with Gasteiger partial charge in [-0.05, 0) is 24.6 Å². The first-order valence-corrected chi connectivity index (χ1v) is 7.07. The second kappa shape index (κ2) is 6.80. The van der Waals surface area contributed by atoms with Gasteiger partial charge in [0.05, 0.1) is 12.5 Å². The van der Waals surface area contributed by atoms with E-state index in [2.05, 4.69) is 25.5 Å². The molecule has 3 aromatic rings. The second-order valence-electron chi connectivity index (χ2n) is 4.90. The molecule has 0 fully saturated rings. The van der Waals surface area contributed by atoms with E-state index in [1.165, 1.54) is 0 Å². The number of hydrogen-bond acceptors (Lipinski definition) is 6. The average molecular weight is 308 g/mol. The molecule has 0 saturated carbocycles. The summed E-state index contributed by atoms with van der Waals surface area (Å²) in [6.45, 7) is 1.64. The average Bonchev–Trinajstić information content (AvgIpc) is 3.09. The van der Waals surface area contributed by atoms with Crippen LogP contribution in [-0.4, -0.2) is 30.8 Å². The molecule has 0 aliphatic carbocycles. The van der Waals surface area contributed by atoms with Crippen molar-refractivity contribution in [2.45, 2.75) is 13.5 Å².